The van der Waals surface area contributed by atoms with Gasteiger partial charge >= 0.3 is 0 Å². The minimum atomic E-state index is -1.06. The van der Waals surface area contributed by atoms with Crippen molar-refractivity contribution in [3.63, 3.8) is 0 Å². The van der Waals surface area contributed by atoms with Crippen molar-refractivity contribution < 1.29 is 9.53 Å². The van der Waals surface area contributed by atoms with Crippen molar-refractivity contribution in [1.29, 1.82) is 0 Å². The van der Waals surface area contributed by atoms with E-state index >= 15 is 0 Å². The molecule has 1 heterocycles. The summed E-state index contributed by atoms with van der Waals surface area (Å²) in [6.45, 7) is 2.03. The van der Waals surface area contributed by atoms with Gasteiger partial charge in [0, 0.05) is 11.5 Å². The molecule has 122 valence electrons. The van der Waals surface area contributed by atoms with Gasteiger partial charge in [-0.1, -0.05) is 37.0 Å². The van der Waals surface area contributed by atoms with Gasteiger partial charge in [-0.3, -0.25) is 4.79 Å². The molecule has 1 aromatic heterocycles. The van der Waals surface area contributed by atoms with Crippen molar-refractivity contribution in [3.05, 3.63) is 52.2 Å². The molecule has 3 rings (SSSR count). The molecule has 2 N–H and O–H groups in total. The zero-order valence-corrected chi connectivity index (χ0v) is 14.3. The predicted molar refractivity (Wildman–Crippen MR) is 93.6 cm³/mol. The molecular weight excluding hydrogens is 306 g/mol. The largest absolute Gasteiger partial charge is 0.472 e. The molecule has 0 saturated heterocycles. The molecule has 1 saturated carbocycles. The number of thiophene rings is 1. The van der Waals surface area contributed by atoms with Crippen LogP contribution in [0.4, 0.5) is 0 Å². The summed E-state index contributed by atoms with van der Waals surface area (Å²) in [6.07, 6.45) is 5.43. The molecule has 1 amide bonds. The van der Waals surface area contributed by atoms with Gasteiger partial charge in [-0.25, -0.2) is 0 Å². The Hall–Kier alpha value is -1.81. The second-order valence-corrected chi connectivity index (χ2v) is 7.14. The molecule has 0 spiro atoms. The van der Waals surface area contributed by atoms with Gasteiger partial charge < -0.3 is 10.5 Å². The Morgan fingerprint density at radius 3 is 2.43 bits per heavy atom. The summed E-state index contributed by atoms with van der Waals surface area (Å²) in [5.41, 5.74) is 6.91. The van der Waals surface area contributed by atoms with Crippen molar-refractivity contribution in [2.75, 3.05) is 0 Å². The number of aryl methyl sites for hydroxylation is 1. The summed E-state index contributed by atoms with van der Waals surface area (Å²) in [4.78, 5) is 12.6. The van der Waals surface area contributed by atoms with E-state index in [1.165, 1.54) is 6.42 Å². The van der Waals surface area contributed by atoms with E-state index in [2.05, 4.69) is 0 Å². The molecule has 1 fully saturated rings. The Bertz CT molecular complexity index is 645. The summed E-state index contributed by atoms with van der Waals surface area (Å²) < 4.78 is 6.33. The van der Waals surface area contributed by atoms with Crippen LogP contribution in [0.1, 0.15) is 43.2 Å². The molecule has 23 heavy (non-hydrogen) atoms. The highest BCUT2D eigenvalue weighted by Crippen LogP contribution is 2.43. The predicted octanol–water partition coefficient (Wildman–Crippen LogP) is 4.40. The summed E-state index contributed by atoms with van der Waals surface area (Å²) in [6, 6.07) is 9.80. The normalized spacial score (nSPS) is 18.3. The fourth-order valence-electron chi connectivity index (χ4n) is 3.55. The van der Waals surface area contributed by atoms with Crippen LogP contribution in [-0.2, 0) is 10.4 Å². The van der Waals surface area contributed by atoms with Gasteiger partial charge in [-0.2, -0.15) is 11.3 Å². The Morgan fingerprint density at radius 2 is 1.87 bits per heavy atom. The number of ether oxygens (including phenoxy) is 1. The lowest BCUT2D eigenvalue weighted by Gasteiger charge is -2.40. The van der Waals surface area contributed by atoms with Crippen molar-refractivity contribution in [1.82, 2.24) is 0 Å². The van der Waals surface area contributed by atoms with Crippen molar-refractivity contribution in [3.8, 4) is 5.75 Å². The van der Waals surface area contributed by atoms with E-state index in [9.17, 15) is 4.79 Å². The lowest BCUT2D eigenvalue weighted by atomic mass is 9.73. The zero-order chi connectivity index (χ0) is 16.3. The number of hydrogen-bond donors (Lipinski definition) is 1. The van der Waals surface area contributed by atoms with Crippen molar-refractivity contribution in [2.45, 2.75) is 44.6 Å². The summed E-state index contributed by atoms with van der Waals surface area (Å²) in [5, 5.41) is 3.97. The van der Waals surface area contributed by atoms with Gasteiger partial charge in [0.05, 0.1) is 0 Å². The first-order chi connectivity index (χ1) is 11.1. The van der Waals surface area contributed by atoms with Crippen molar-refractivity contribution in [2.24, 2.45) is 11.7 Å². The first kappa shape index (κ1) is 16.1. The van der Waals surface area contributed by atoms with Gasteiger partial charge in [0.15, 0.2) is 0 Å². The maximum Gasteiger partial charge on any atom is 0.266 e. The third-order valence-electron chi connectivity index (χ3n) is 4.80. The Kier molecular flexibility index (Phi) is 4.71. The van der Waals surface area contributed by atoms with E-state index in [1.807, 2.05) is 48.0 Å². The van der Waals surface area contributed by atoms with Gasteiger partial charge in [-0.05, 0) is 48.7 Å². The summed E-state index contributed by atoms with van der Waals surface area (Å²) in [5.74, 6) is 0.444. The van der Waals surface area contributed by atoms with Gasteiger partial charge in [0.1, 0.15) is 5.75 Å². The van der Waals surface area contributed by atoms with Crippen LogP contribution in [0.25, 0.3) is 0 Å². The van der Waals surface area contributed by atoms with Crippen LogP contribution in [0.3, 0.4) is 0 Å². The van der Waals surface area contributed by atoms with E-state index in [4.69, 9.17) is 10.5 Å². The number of amides is 1. The van der Waals surface area contributed by atoms with Crippen molar-refractivity contribution >= 4 is 17.2 Å². The highest BCUT2D eigenvalue weighted by molar-refractivity contribution is 7.08. The van der Waals surface area contributed by atoms with Gasteiger partial charge in [0.25, 0.3) is 5.91 Å². The average molecular weight is 329 g/mol. The Morgan fingerprint density at radius 1 is 1.17 bits per heavy atom. The van der Waals surface area contributed by atoms with Crippen LogP contribution in [0.2, 0.25) is 0 Å². The Balaban J connectivity index is 2.03. The molecule has 1 aromatic carbocycles. The number of hydrogen-bond acceptors (Lipinski definition) is 3. The van der Waals surface area contributed by atoms with Gasteiger partial charge in [-0.15, -0.1) is 0 Å². The second-order valence-electron chi connectivity index (χ2n) is 6.36. The minimum absolute atomic E-state index is 0.129. The maximum atomic E-state index is 12.6. The molecule has 1 atom stereocenters. The molecule has 1 aliphatic carbocycles. The summed E-state index contributed by atoms with van der Waals surface area (Å²) >= 11 is 1.57. The highest BCUT2D eigenvalue weighted by atomic mass is 32.1. The SMILES string of the molecule is Cc1ccc(OC(C(N)=O)(c2ccsc2)C2CCCCC2)cc1. The lowest BCUT2D eigenvalue weighted by Crippen LogP contribution is -2.52. The molecule has 2 aromatic rings. The molecule has 0 aliphatic heterocycles. The third kappa shape index (κ3) is 3.13. The van der Waals surface area contributed by atoms with Crippen LogP contribution in [0.5, 0.6) is 5.75 Å². The van der Waals surface area contributed by atoms with E-state index < -0.39 is 5.60 Å². The monoisotopic (exact) mass is 329 g/mol. The number of nitrogens with two attached hydrogens (primary N) is 1. The van der Waals surface area contributed by atoms with E-state index in [-0.39, 0.29) is 11.8 Å². The van der Waals surface area contributed by atoms with E-state index in [0.29, 0.717) is 5.75 Å². The molecule has 0 bridgehead atoms. The quantitative estimate of drug-likeness (QED) is 0.884. The third-order valence-corrected chi connectivity index (χ3v) is 5.48. The smallest absolute Gasteiger partial charge is 0.266 e. The zero-order valence-electron chi connectivity index (χ0n) is 13.5. The van der Waals surface area contributed by atoms with E-state index in [1.54, 1.807) is 11.3 Å². The fraction of sp³-hybridized carbons (Fsp3) is 0.421. The molecule has 0 radical (unpaired) electrons. The number of carbonyl (C=O) groups is 1. The first-order valence-corrected chi connectivity index (χ1v) is 9.15. The fourth-order valence-corrected chi connectivity index (χ4v) is 4.25. The van der Waals surface area contributed by atoms with Gasteiger partial charge in [0.2, 0.25) is 5.60 Å². The van der Waals surface area contributed by atoms with E-state index in [0.717, 1.165) is 36.8 Å². The van der Waals surface area contributed by atoms with Crippen LogP contribution in [0, 0.1) is 12.8 Å². The average Bonchev–Trinajstić information content (AvgIpc) is 3.09. The minimum Gasteiger partial charge on any atom is -0.472 e. The van der Waals surface area contributed by atoms with Crippen LogP contribution in [-0.4, -0.2) is 5.91 Å². The molecule has 4 heteroatoms. The highest BCUT2D eigenvalue weighted by Gasteiger charge is 2.49. The number of carbonyl (C=O) groups excluding carboxylic acids is 1. The first-order valence-electron chi connectivity index (χ1n) is 8.21. The molecular formula is C19H23NO2S. The molecule has 3 nitrogen and oxygen atoms in total. The maximum absolute atomic E-state index is 12.6. The van der Waals surface area contributed by atoms with Crippen LogP contribution < -0.4 is 10.5 Å². The Labute approximate surface area is 141 Å². The van der Waals surface area contributed by atoms with Crippen LogP contribution in [0.15, 0.2) is 41.1 Å². The summed E-state index contributed by atoms with van der Waals surface area (Å²) in [7, 11) is 0. The number of benzene rings is 1. The topological polar surface area (TPSA) is 52.3 Å². The lowest BCUT2D eigenvalue weighted by molar-refractivity contribution is -0.141. The van der Waals surface area contributed by atoms with Crippen LogP contribution >= 0.6 is 11.3 Å². The number of primary amides is 1. The second kappa shape index (κ2) is 6.75. The molecule has 1 aliphatic rings. The molecule has 1 unspecified atom stereocenters. The number of rotatable bonds is 5. The standard InChI is InChI=1S/C19H23NO2S/c1-14-7-9-17(10-8-14)22-19(18(20)21,16-11-12-23-13-16)15-5-3-2-4-6-15/h7-13,15H,2-6H2,1H3,(H2,20,21).